The largest absolute Gasteiger partial charge is 0.375 e. The van der Waals surface area contributed by atoms with Gasteiger partial charge in [-0.25, -0.2) is 0 Å². The van der Waals surface area contributed by atoms with Crippen LogP contribution < -0.4 is 5.32 Å². The van der Waals surface area contributed by atoms with Gasteiger partial charge in [-0.1, -0.05) is 6.92 Å². The summed E-state index contributed by atoms with van der Waals surface area (Å²) in [6.07, 6.45) is 11.6. The van der Waals surface area contributed by atoms with Gasteiger partial charge in [0.2, 0.25) is 5.91 Å². The molecule has 2 heterocycles. The van der Waals surface area contributed by atoms with E-state index in [0.717, 1.165) is 51.4 Å². The number of piperidine rings is 2. The lowest BCUT2D eigenvalue weighted by Crippen LogP contribution is -2.44. The first-order valence-corrected chi connectivity index (χ1v) is 10.3. The molecule has 4 aliphatic rings. The zero-order chi connectivity index (χ0) is 16.6. The summed E-state index contributed by atoms with van der Waals surface area (Å²) in [6.45, 7) is 6.38. The zero-order valence-electron chi connectivity index (χ0n) is 15.3. The van der Waals surface area contributed by atoms with E-state index in [1.807, 2.05) is 0 Å². The molecule has 4 nitrogen and oxygen atoms in total. The van der Waals surface area contributed by atoms with E-state index in [1.54, 1.807) is 0 Å². The number of ether oxygens (including phenoxy) is 1. The van der Waals surface area contributed by atoms with Crippen LogP contribution in [-0.2, 0) is 9.53 Å². The van der Waals surface area contributed by atoms with Crippen molar-refractivity contribution in [1.82, 2.24) is 10.2 Å². The summed E-state index contributed by atoms with van der Waals surface area (Å²) in [6, 6.07) is 0. The van der Waals surface area contributed by atoms with Gasteiger partial charge in [0.05, 0.1) is 12.2 Å². The second-order valence-electron chi connectivity index (χ2n) is 8.91. The van der Waals surface area contributed by atoms with Crippen LogP contribution in [0.25, 0.3) is 0 Å². The van der Waals surface area contributed by atoms with Crippen LogP contribution in [0.3, 0.4) is 0 Å². The second-order valence-corrected chi connectivity index (χ2v) is 8.91. The van der Waals surface area contributed by atoms with Gasteiger partial charge in [0.1, 0.15) is 0 Å². The van der Waals surface area contributed by atoms with Crippen molar-refractivity contribution in [3.8, 4) is 0 Å². The Hall–Kier alpha value is -0.610. The molecular weight excluding hydrogens is 300 g/mol. The molecule has 0 aromatic rings. The molecule has 0 radical (unpaired) electrons. The summed E-state index contributed by atoms with van der Waals surface area (Å²) in [5, 5.41) is 3.43. The number of nitrogens with zero attached hydrogens (tertiary/aromatic N) is 1. The molecule has 0 aromatic heterocycles. The van der Waals surface area contributed by atoms with Crippen molar-refractivity contribution in [2.75, 3.05) is 26.2 Å². The topological polar surface area (TPSA) is 41.6 Å². The highest BCUT2D eigenvalue weighted by atomic mass is 16.5. The van der Waals surface area contributed by atoms with Crippen LogP contribution in [-0.4, -0.2) is 49.2 Å². The monoisotopic (exact) mass is 334 g/mol. The predicted molar refractivity (Wildman–Crippen MR) is 94.8 cm³/mol. The molecule has 1 amide bonds. The van der Waals surface area contributed by atoms with Gasteiger partial charge in [0.25, 0.3) is 0 Å². The van der Waals surface area contributed by atoms with Crippen LogP contribution in [0.4, 0.5) is 0 Å². The molecule has 2 saturated carbocycles. The Morgan fingerprint density at radius 1 is 1.00 bits per heavy atom. The van der Waals surface area contributed by atoms with E-state index < -0.39 is 0 Å². The quantitative estimate of drug-likeness (QED) is 0.863. The van der Waals surface area contributed by atoms with Crippen LogP contribution in [0.2, 0.25) is 0 Å². The van der Waals surface area contributed by atoms with Gasteiger partial charge in [-0.3, -0.25) is 4.79 Å². The Labute approximate surface area is 146 Å². The minimum Gasteiger partial charge on any atom is -0.375 e. The van der Waals surface area contributed by atoms with Crippen LogP contribution in [0.15, 0.2) is 0 Å². The first-order chi connectivity index (χ1) is 11.7. The van der Waals surface area contributed by atoms with Gasteiger partial charge < -0.3 is 15.0 Å². The van der Waals surface area contributed by atoms with Crippen LogP contribution in [0, 0.1) is 17.3 Å². The average Bonchev–Trinajstić information content (AvgIpc) is 3.30. The fraction of sp³-hybridized carbons (Fsp3) is 0.950. The van der Waals surface area contributed by atoms with E-state index in [1.165, 1.54) is 38.5 Å². The number of rotatable bonds is 3. The molecule has 1 atom stereocenters. The molecule has 2 saturated heterocycles. The lowest BCUT2D eigenvalue weighted by molar-refractivity contribution is -0.137. The fourth-order valence-corrected chi connectivity index (χ4v) is 5.24. The summed E-state index contributed by atoms with van der Waals surface area (Å²) in [5.74, 6) is 1.66. The average molecular weight is 335 g/mol. The standard InChI is InChI=1S/C20H34N2O2/c1-15-2-4-16(5-3-15)24-17-6-12-22(13-7-17)19(23)18-14-20(18)8-10-21-11-9-20/h15-18,21H,2-14H2,1H3. The van der Waals surface area contributed by atoms with E-state index in [4.69, 9.17) is 4.74 Å². The Bertz CT molecular complexity index is 445. The summed E-state index contributed by atoms with van der Waals surface area (Å²) in [4.78, 5) is 15.0. The first-order valence-electron chi connectivity index (χ1n) is 10.3. The van der Waals surface area contributed by atoms with Crippen LogP contribution >= 0.6 is 0 Å². The third-order valence-corrected chi connectivity index (χ3v) is 7.19. The van der Waals surface area contributed by atoms with Gasteiger partial charge >= 0.3 is 0 Å². The molecule has 4 rings (SSSR count). The van der Waals surface area contributed by atoms with Crippen molar-refractivity contribution in [2.45, 2.75) is 76.9 Å². The number of amides is 1. The Kier molecular flexibility index (Phi) is 4.88. The van der Waals surface area contributed by atoms with Crippen LogP contribution in [0.1, 0.15) is 64.7 Å². The van der Waals surface area contributed by atoms with Gasteiger partial charge in [-0.2, -0.15) is 0 Å². The molecule has 1 unspecified atom stereocenters. The highest BCUT2D eigenvalue weighted by Crippen LogP contribution is 2.59. The van der Waals surface area contributed by atoms with Crippen molar-refractivity contribution in [1.29, 1.82) is 0 Å². The van der Waals surface area contributed by atoms with Crippen LogP contribution in [0.5, 0.6) is 0 Å². The van der Waals surface area contributed by atoms with E-state index in [-0.39, 0.29) is 0 Å². The Morgan fingerprint density at radius 2 is 1.62 bits per heavy atom. The van der Waals surface area contributed by atoms with Crippen molar-refractivity contribution in [3.05, 3.63) is 0 Å². The highest BCUT2D eigenvalue weighted by Gasteiger charge is 2.58. The zero-order valence-corrected chi connectivity index (χ0v) is 15.3. The smallest absolute Gasteiger partial charge is 0.226 e. The number of carbonyl (C=O) groups is 1. The molecule has 4 fully saturated rings. The minimum absolute atomic E-state index is 0.330. The molecule has 24 heavy (non-hydrogen) atoms. The highest BCUT2D eigenvalue weighted by molar-refractivity contribution is 5.82. The third kappa shape index (κ3) is 3.50. The van der Waals surface area contributed by atoms with Gasteiger partial charge in [-0.15, -0.1) is 0 Å². The lowest BCUT2D eigenvalue weighted by atomic mass is 9.88. The summed E-state index contributed by atoms with van der Waals surface area (Å²) in [5.41, 5.74) is 0.370. The predicted octanol–water partition coefficient (Wildman–Crippen LogP) is 2.96. The van der Waals surface area contributed by atoms with E-state index in [9.17, 15) is 4.79 Å². The molecule has 2 aliphatic carbocycles. The number of nitrogens with one attached hydrogen (secondary N) is 1. The van der Waals surface area contributed by atoms with Crippen molar-refractivity contribution in [3.63, 3.8) is 0 Å². The first kappa shape index (κ1) is 16.8. The van der Waals surface area contributed by atoms with E-state index in [2.05, 4.69) is 17.1 Å². The number of hydrogen-bond acceptors (Lipinski definition) is 3. The number of likely N-dealkylation sites (tertiary alicyclic amines) is 1. The molecule has 1 spiro atoms. The molecule has 1 N–H and O–H groups in total. The van der Waals surface area contributed by atoms with Crippen molar-refractivity contribution >= 4 is 5.91 Å². The minimum atomic E-state index is 0.330. The van der Waals surface area contributed by atoms with Crippen molar-refractivity contribution in [2.24, 2.45) is 17.3 Å². The molecule has 0 bridgehead atoms. The third-order valence-electron chi connectivity index (χ3n) is 7.19. The number of hydrogen-bond donors (Lipinski definition) is 1. The molecular formula is C20H34N2O2. The molecule has 2 aliphatic heterocycles. The fourth-order valence-electron chi connectivity index (χ4n) is 5.24. The SMILES string of the molecule is CC1CCC(OC2CCN(C(=O)C3CC34CCNCC4)CC2)CC1. The van der Waals surface area contributed by atoms with Gasteiger partial charge in [0.15, 0.2) is 0 Å². The summed E-state index contributed by atoms with van der Waals surface area (Å²) in [7, 11) is 0. The molecule has 4 heteroatoms. The second kappa shape index (κ2) is 6.95. The maximum absolute atomic E-state index is 12.8. The summed E-state index contributed by atoms with van der Waals surface area (Å²) < 4.78 is 6.35. The maximum atomic E-state index is 12.8. The number of carbonyl (C=O) groups excluding carboxylic acids is 1. The molecule has 0 aromatic carbocycles. The summed E-state index contributed by atoms with van der Waals surface area (Å²) >= 11 is 0. The van der Waals surface area contributed by atoms with E-state index >= 15 is 0 Å². The molecule has 136 valence electrons. The Balaban J connectivity index is 1.21. The van der Waals surface area contributed by atoms with Gasteiger partial charge in [-0.05, 0) is 82.2 Å². The van der Waals surface area contributed by atoms with Crippen molar-refractivity contribution < 1.29 is 9.53 Å². The lowest BCUT2D eigenvalue weighted by Gasteiger charge is -2.36. The maximum Gasteiger partial charge on any atom is 0.226 e. The van der Waals surface area contributed by atoms with E-state index in [0.29, 0.717) is 29.4 Å². The normalized spacial score (nSPS) is 36.7. The van der Waals surface area contributed by atoms with Gasteiger partial charge in [0, 0.05) is 19.0 Å². The Morgan fingerprint density at radius 3 is 2.29 bits per heavy atom.